The Balaban J connectivity index is 2.09. The van der Waals surface area contributed by atoms with Crippen LogP contribution in [0.15, 0.2) is 78.9 Å². The fourth-order valence-corrected chi connectivity index (χ4v) is 3.26. The number of aromatic nitrogens is 1. The molecule has 0 aliphatic rings. The summed E-state index contributed by atoms with van der Waals surface area (Å²) in [5.41, 5.74) is 6.29. The maximum absolute atomic E-state index is 2.36. The molecular weight excluding hydrogens is 278 g/mol. The third-order valence-electron chi connectivity index (χ3n) is 4.57. The van der Waals surface area contributed by atoms with E-state index in [1.165, 1.54) is 38.6 Å². The van der Waals surface area contributed by atoms with Gasteiger partial charge in [0, 0.05) is 16.5 Å². The third kappa shape index (κ3) is 2.17. The Morgan fingerprint density at radius 2 is 1.39 bits per heavy atom. The van der Waals surface area contributed by atoms with Gasteiger partial charge in [0.1, 0.15) is 0 Å². The van der Waals surface area contributed by atoms with Crippen LogP contribution in [-0.2, 0) is 0 Å². The van der Waals surface area contributed by atoms with Gasteiger partial charge in [-0.15, -0.1) is 0 Å². The highest BCUT2D eigenvalue weighted by Crippen LogP contribution is 2.32. The van der Waals surface area contributed by atoms with Crippen LogP contribution in [0, 0.1) is 0 Å². The van der Waals surface area contributed by atoms with Crippen molar-refractivity contribution >= 4 is 27.4 Å². The second-order valence-corrected chi connectivity index (χ2v) is 5.89. The summed E-state index contributed by atoms with van der Waals surface area (Å²) in [7, 11) is 0. The minimum atomic E-state index is 1.21. The number of hydrogen-bond donors (Lipinski definition) is 0. The molecule has 0 saturated carbocycles. The first-order valence-electron chi connectivity index (χ1n) is 8.01. The van der Waals surface area contributed by atoms with Crippen molar-refractivity contribution in [1.82, 2.24) is 4.57 Å². The summed E-state index contributed by atoms with van der Waals surface area (Å²) in [6.45, 7) is 4.24. The Kier molecular flexibility index (Phi) is 3.27. The zero-order valence-corrected chi connectivity index (χ0v) is 13.5. The lowest BCUT2D eigenvalue weighted by molar-refractivity contribution is 1.18. The smallest absolute Gasteiger partial charge is 0.0541 e. The Bertz CT molecular complexity index is 981. The number of hydrogen-bond acceptors (Lipinski definition) is 0. The molecule has 1 aromatic heterocycles. The molecule has 1 heteroatoms. The fourth-order valence-electron chi connectivity index (χ4n) is 3.26. The van der Waals surface area contributed by atoms with Crippen molar-refractivity contribution in [3.05, 3.63) is 84.4 Å². The molecule has 1 heterocycles. The van der Waals surface area contributed by atoms with Crippen molar-refractivity contribution in [2.24, 2.45) is 0 Å². The molecule has 4 rings (SSSR count). The molecule has 0 spiro atoms. The van der Waals surface area contributed by atoms with E-state index in [2.05, 4.69) is 97.3 Å². The Morgan fingerprint density at radius 3 is 2.00 bits per heavy atom. The SMILES string of the molecule is C/C=C(/C)c1cccc(-n2c3ccccc3c3ccccc32)c1. The topological polar surface area (TPSA) is 4.93 Å². The van der Waals surface area contributed by atoms with E-state index in [1.54, 1.807) is 0 Å². The Labute approximate surface area is 136 Å². The molecule has 0 aliphatic heterocycles. The standard InChI is InChI=1S/C22H19N/c1-3-16(2)17-9-8-10-18(15-17)23-21-13-6-4-11-19(21)20-12-5-7-14-22(20)23/h3-15H,1-2H3/b16-3-. The summed E-state index contributed by atoms with van der Waals surface area (Å²) in [4.78, 5) is 0. The van der Waals surface area contributed by atoms with Gasteiger partial charge in [-0.3, -0.25) is 0 Å². The largest absolute Gasteiger partial charge is 0.309 e. The lowest BCUT2D eigenvalue weighted by Crippen LogP contribution is -1.94. The van der Waals surface area contributed by atoms with Crippen molar-refractivity contribution in [2.45, 2.75) is 13.8 Å². The van der Waals surface area contributed by atoms with Crippen molar-refractivity contribution in [1.29, 1.82) is 0 Å². The molecule has 23 heavy (non-hydrogen) atoms. The van der Waals surface area contributed by atoms with Gasteiger partial charge in [-0.2, -0.15) is 0 Å². The Hall–Kier alpha value is -2.80. The molecule has 0 fully saturated rings. The van der Waals surface area contributed by atoms with Crippen molar-refractivity contribution in [2.75, 3.05) is 0 Å². The molecule has 1 nitrogen and oxygen atoms in total. The monoisotopic (exact) mass is 297 g/mol. The summed E-state index contributed by atoms with van der Waals surface area (Å²) in [5.74, 6) is 0. The van der Waals surface area contributed by atoms with Gasteiger partial charge in [-0.05, 0) is 49.2 Å². The summed E-state index contributed by atoms with van der Waals surface area (Å²) in [5, 5.41) is 2.60. The van der Waals surface area contributed by atoms with Gasteiger partial charge >= 0.3 is 0 Å². The van der Waals surface area contributed by atoms with Crippen molar-refractivity contribution in [3.8, 4) is 5.69 Å². The van der Waals surface area contributed by atoms with Gasteiger partial charge in [0.05, 0.1) is 11.0 Å². The van der Waals surface area contributed by atoms with E-state index in [0.717, 1.165) is 0 Å². The predicted molar refractivity (Wildman–Crippen MR) is 100 cm³/mol. The molecule has 0 aliphatic carbocycles. The number of benzene rings is 3. The number of fused-ring (bicyclic) bond motifs is 3. The van der Waals surface area contributed by atoms with Gasteiger partial charge in [0.15, 0.2) is 0 Å². The zero-order chi connectivity index (χ0) is 15.8. The fraction of sp³-hybridized carbons (Fsp3) is 0.0909. The molecule has 0 atom stereocenters. The van der Waals surface area contributed by atoms with Crippen LogP contribution in [0.1, 0.15) is 19.4 Å². The van der Waals surface area contributed by atoms with Crippen LogP contribution in [-0.4, -0.2) is 4.57 Å². The van der Waals surface area contributed by atoms with Gasteiger partial charge in [0.2, 0.25) is 0 Å². The normalized spacial score (nSPS) is 12.2. The summed E-state index contributed by atoms with van der Waals surface area (Å²) < 4.78 is 2.36. The minimum Gasteiger partial charge on any atom is -0.309 e. The van der Waals surface area contributed by atoms with E-state index in [4.69, 9.17) is 0 Å². The average Bonchev–Trinajstić information content (AvgIpc) is 2.96. The van der Waals surface area contributed by atoms with E-state index in [1.807, 2.05) is 0 Å². The first-order valence-corrected chi connectivity index (χ1v) is 8.01. The van der Waals surface area contributed by atoms with E-state index in [9.17, 15) is 0 Å². The average molecular weight is 297 g/mol. The molecule has 0 N–H and O–H groups in total. The van der Waals surface area contributed by atoms with Crippen molar-refractivity contribution in [3.63, 3.8) is 0 Å². The first-order chi connectivity index (χ1) is 11.3. The summed E-state index contributed by atoms with van der Waals surface area (Å²) >= 11 is 0. The molecule has 0 amide bonds. The highest BCUT2D eigenvalue weighted by atomic mass is 15.0. The molecule has 112 valence electrons. The van der Waals surface area contributed by atoms with Crippen LogP contribution in [0.2, 0.25) is 0 Å². The van der Waals surface area contributed by atoms with Crippen molar-refractivity contribution < 1.29 is 0 Å². The molecule has 3 aromatic carbocycles. The molecule has 0 saturated heterocycles. The molecule has 0 bridgehead atoms. The maximum atomic E-state index is 2.36. The predicted octanol–water partition coefficient (Wildman–Crippen LogP) is 6.21. The quantitative estimate of drug-likeness (QED) is 0.414. The van der Waals surface area contributed by atoms with Crippen LogP contribution in [0.25, 0.3) is 33.1 Å². The second kappa shape index (κ2) is 5.44. The zero-order valence-electron chi connectivity index (χ0n) is 13.5. The number of rotatable bonds is 2. The van der Waals surface area contributed by atoms with Crippen LogP contribution >= 0.6 is 0 Å². The molecule has 4 aromatic rings. The lowest BCUT2D eigenvalue weighted by atomic mass is 10.1. The van der Waals surface area contributed by atoms with E-state index in [0.29, 0.717) is 0 Å². The summed E-state index contributed by atoms with van der Waals surface area (Å²) in [6, 6.07) is 26.0. The molecular formula is C22H19N. The highest BCUT2D eigenvalue weighted by Gasteiger charge is 2.11. The van der Waals surface area contributed by atoms with Crippen LogP contribution < -0.4 is 0 Å². The van der Waals surface area contributed by atoms with E-state index in [-0.39, 0.29) is 0 Å². The van der Waals surface area contributed by atoms with Gasteiger partial charge in [0.25, 0.3) is 0 Å². The van der Waals surface area contributed by atoms with E-state index >= 15 is 0 Å². The first kappa shape index (κ1) is 13.8. The minimum absolute atomic E-state index is 1.21. The van der Waals surface area contributed by atoms with Gasteiger partial charge in [-0.25, -0.2) is 0 Å². The third-order valence-corrected chi connectivity index (χ3v) is 4.57. The van der Waals surface area contributed by atoms with Gasteiger partial charge in [-0.1, -0.05) is 54.6 Å². The lowest BCUT2D eigenvalue weighted by Gasteiger charge is -2.10. The van der Waals surface area contributed by atoms with Gasteiger partial charge < -0.3 is 4.57 Å². The number of allylic oxidation sites excluding steroid dienone is 2. The highest BCUT2D eigenvalue weighted by molar-refractivity contribution is 6.09. The Morgan fingerprint density at radius 1 is 0.783 bits per heavy atom. The second-order valence-electron chi connectivity index (χ2n) is 5.89. The van der Waals surface area contributed by atoms with Crippen LogP contribution in [0.4, 0.5) is 0 Å². The maximum Gasteiger partial charge on any atom is 0.0541 e. The number of nitrogens with zero attached hydrogens (tertiary/aromatic N) is 1. The van der Waals surface area contributed by atoms with Crippen LogP contribution in [0.5, 0.6) is 0 Å². The van der Waals surface area contributed by atoms with Crippen LogP contribution in [0.3, 0.4) is 0 Å². The molecule has 0 unspecified atom stereocenters. The molecule has 0 radical (unpaired) electrons. The van der Waals surface area contributed by atoms with E-state index < -0.39 is 0 Å². The number of para-hydroxylation sites is 2. The summed E-state index contributed by atoms with van der Waals surface area (Å²) in [6.07, 6.45) is 2.16.